The minimum absolute atomic E-state index is 0.299. The van der Waals surface area contributed by atoms with Gasteiger partial charge in [-0.1, -0.05) is 0 Å². The summed E-state index contributed by atoms with van der Waals surface area (Å²) >= 11 is 1.60. The number of nitrogens with one attached hydrogen (secondary N) is 1. The minimum Gasteiger partial charge on any atom is -0.383 e. The lowest BCUT2D eigenvalue weighted by Crippen LogP contribution is -2.30. The van der Waals surface area contributed by atoms with Crippen LogP contribution >= 0.6 is 11.3 Å². The van der Waals surface area contributed by atoms with Crippen molar-refractivity contribution in [2.24, 2.45) is 7.05 Å². The van der Waals surface area contributed by atoms with Gasteiger partial charge in [-0.05, 0) is 30.5 Å². The lowest BCUT2D eigenvalue weighted by Gasteiger charge is -2.22. The summed E-state index contributed by atoms with van der Waals surface area (Å²) in [6.45, 7) is 2.04. The quantitative estimate of drug-likeness (QED) is 0.568. The van der Waals surface area contributed by atoms with E-state index in [4.69, 9.17) is 0 Å². The van der Waals surface area contributed by atoms with Gasteiger partial charge in [-0.3, -0.25) is 4.68 Å². The zero-order chi connectivity index (χ0) is 17.4. The van der Waals surface area contributed by atoms with Gasteiger partial charge in [0.05, 0.1) is 6.20 Å². The summed E-state index contributed by atoms with van der Waals surface area (Å²) in [5, 5.41) is 34.8. The molecule has 0 aromatic carbocycles. The van der Waals surface area contributed by atoms with Gasteiger partial charge in [0, 0.05) is 36.3 Å². The molecule has 0 amide bonds. The summed E-state index contributed by atoms with van der Waals surface area (Å²) in [6, 6.07) is 5.65. The van der Waals surface area contributed by atoms with Crippen molar-refractivity contribution in [3.8, 4) is 11.4 Å². The molecule has 0 aliphatic carbocycles. The van der Waals surface area contributed by atoms with E-state index >= 15 is 0 Å². The summed E-state index contributed by atoms with van der Waals surface area (Å²) in [6.07, 6.45) is 3.46. The molecule has 0 saturated carbocycles. The van der Waals surface area contributed by atoms with Crippen LogP contribution in [-0.4, -0.2) is 41.2 Å². The highest BCUT2D eigenvalue weighted by atomic mass is 32.1. The molecule has 8 nitrogen and oxygen atoms in total. The molecule has 0 fully saturated rings. The van der Waals surface area contributed by atoms with Gasteiger partial charge in [-0.2, -0.15) is 21.0 Å². The summed E-state index contributed by atoms with van der Waals surface area (Å²) in [7, 11) is 1.82. The monoisotopic (exact) mass is 355 g/mol. The van der Waals surface area contributed by atoms with E-state index in [9.17, 15) is 5.11 Å². The third-order valence-corrected chi connectivity index (χ3v) is 4.67. The standard InChI is InChI=1S/C16H17N7OS/c1-16(24,12-7-18-22(2)8-12)10-17-13-3-4-14-19-20-15(23(14)21-13)11-5-6-25-9-11/h3-9,24H,10H2,1-2H3,(H,17,21). The van der Waals surface area contributed by atoms with Crippen molar-refractivity contribution in [1.82, 2.24) is 29.6 Å². The zero-order valence-electron chi connectivity index (χ0n) is 13.8. The number of nitrogens with zero attached hydrogens (tertiary/aromatic N) is 6. The molecule has 0 radical (unpaired) electrons. The van der Waals surface area contributed by atoms with Crippen LogP contribution in [0.5, 0.6) is 0 Å². The molecule has 0 aliphatic rings. The average Bonchev–Trinajstić information content (AvgIpc) is 3.32. The van der Waals surface area contributed by atoms with E-state index in [2.05, 4.69) is 25.7 Å². The molecule has 0 saturated heterocycles. The first-order valence-electron chi connectivity index (χ1n) is 7.73. The molecular weight excluding hydrogens is 338 g/mol. The Labute approximate surface area is 147 Å². The van der Waals surface area contributed by atoms with Crippen molar-refractivity contribution in [1.29, 1.82) is 0 Å². The number of aliphatic hydroxyl groups is 1. The molecule has 128 valence electrons. The van der Waals surface area contributed by atoms with Crippen LogP contribution in [0, 0.1) is 0 Å². The molecule has 4 aromatic rings. The van der Waals surface area contributed by atoms with E-state index in [1.807, 2.05) is 36.0 Å². The Balaban J connectivity index is 1.59. The maximum atomic E-state index is 10.7. The third kappa shape index (κ3) is 2.99. The van der Waals surface area contributed by atoms with E-state index in [0.29, 0.717) is 23.8 Å². The molecule has 0 bridgehead atoms. The van der Waals surface area contributed by atoms with Gasteiger partial charge in [0.2, 0.25) is 0 Å². The molecule has 2 N–H and O–H groups in total. The molecule has 0 aliphatic heterocycles. The van der Waals surface area contributed by atoms with Gasteiger partial charge in [0.1, 0.15) is 11.4 Å². The Bertz CT molecular complexity index is 1000. The predicted molar refractivity (Wildman–Crippen MR) is 95.4 cm³/mol. The van der Waals surface area contributed by atoms with E-state index < -0.39 is 5.60 Å². The fourth-order valence-corrected chi connectivity index (χ4v) is 3.15. The Morgan fingerprint density at radius 3 is 2.88 bits per heavy atom. The Hall–Kier alpha value is -2.78. The second-order valence-electron chi connectivity index (χ2n) is 6.05. The summed E-state index contributed by atoms with van der Waals surface area (Å²) < 4.78 is 3.36. The van der Waals surface area contributed by atoms with Gasteiger partial charge in [-0.25, -0.2) is 0 Å². The fraction of sp³-hybridized carbons (Fsp3) is 0.250. The average molecular weight is 355 g/mol. The number of hydrogen-bond acceptors (Lipinski definition) is 7. The van der Waals surface area contributed by atoms with Gasteiger partial charge < -0.3 is 10.4 Å². The Morgan fingerprint density at radius 1 is 1.28 bits per heavy atom. The predicted octanol–water partition coefficient (Wildman–Crippen LogP) is 1.91. The highest BCUT2D eigenvalue weighted by Crippen LogP contribution is 2.22. The number of thiophene rings is 1. The van der Waals surface area contributed by atoms with Gasteiger partial charge in [-0.15, -0.1) is 15.3 Å². The molecule has 25 heavy (non-hydrogen) atoms. The van der Waals surface area contributed by atoms with Crippen molar-refractivity contribution in [2.75, 3.05) is 11.9 Å². The van der Waals surface area contributed by atoms with E-state index in [1.165, 1.54) is 0 Å². The number of aromatic nitrogens is 6. The maximum absolute atomic E-state index is 10.7. The first kappa shape index (κ1) is 15.7. The van der Waals surface area contributed by atoms with Crippen LogP contribution < -0.4 is 5.32 Å². The summed E-state index contributed by atoms with van der Waals surface area (Å²) in [5.74, 6) is 1.33. The third-order valence-electron chi connectivity index (χ3n) is 3.98. The van der Waals surface area contributed by atoms with Gasteiger partial charge in [0.25, 0.3) is 0 Å². The number of aryl methyl sites for hydroxylation is 1. The lowest BCUT2D eigenvalue weighted by molar-refractivity contribution is 0.0713. The first-order chi connectivity index (χ1) is 12.0. The molecule has 4 heterocycles. The molecule has 1 atom stereocenters. The van der Waals surface area contributed by atoms with E-state index in [0.717, 1.165) is 11.1 Å². The molecule has 1 unspecified atom stereocenters. The van der Waals surface area contributed by atoms with Crippen LogP contribution in [0.25, 0.3) is 17.0 Å². The summed E-state index contributed by atoms with van der Waals surface area (Å²) in [4.78, 5) is 0. The number of hydrogen-bond donors (Lipinski definition) is 2. The van der Waals surface area contributed by atoms with Crippen LogP contribution in [0.2, 0.25) is 0 Å². The Morgan fingerprint density at radius 2 is 2.16 bits per heavy atom. The largest absolute Gasteiger partial charge is 0.383 e. The van der Waals surface area contributed by atoms with E-state index in [1.54, 1.807) is 39.9 Å². The van der Waals surface area contributed by atoms with Crippen molar-refractivity contribution in [2.45, 2.75) is 12.5 Å². The highest BCUT2D eigenvalue weighted by Gasteiger charge is 2.24. The zero-order valence-corrected chi connectivity index (χ0v) is 14.6. The molecule has 9 heteroatoms. The molecule has 0 spiro atoms. The first-order valence-corrected chi connectivity index (χ1v) is 8.68. The molecule has 4 rings (SSSR count). The minimum atomic E-state index is -1.06. The van der Waals surface area contributed by atoms with Crippen LogP contribution in [0.1, 0.15) is 12.5 Å². The number of rotatable bonds is 5. The lowest BCUT2D eigenvalue weighted by atomic mass is 10.00. The molecular formula is C16H17N7OS. The van der Waals surface area contributed by atoms with Crippen molar-refractivity contribution in [3.63, 3.8) is 0 Å². The summed E-state index contributed by atoms with van der Waals surface area (Å²) in [5.41, 5.74) is 1.33. The second kappa shape index (κ2) is 5.94. The smallest absolute Gasteiger partial charge is 0.186 e. The van der Waals surface area contributed by atoms with Crippen molar-refractivity contribution < 1.29 is 5.11 Å². The van der Waals surface area contributed by atoms with Crippen LogP contribution in [0.15, 0.2) is 41.4 Å². The number of fused-ring (bicyclic) bond motifs is 1. The van der Waals surface area contributed by atoms with Crippen LogP contribution in [-0.2, 0) is 12.6 Å². The van der Waals surface area contributed by atoms with E-state index in [-0.39, 0.29) is 0 Å². The topological polar surface area (TPSA) is 93.2 Å². The SMILES string of the molecule is Cn1cc(C(C)(O)CNc2ccc3nnc(-c4ccsc4)n3n2)cn1. The van der Waals surface area contributed by atoms with Crippen molar-refractivity contribution >= 4 is 22.8 Å². The molecule has 4 aromatic heterocycles. The van der Waals surface area contributed by atoms with Gasteiger partial charge >= 0.3 is 0 Å². The fourth-order valence-electron chi connectivity index (χ4n) is 2.52. The maximum Gasteiger partial charge on any atom is 0.186 e. The van der Waals surface area contributed by atoms with Crippen LogP contribution in [0.3, 0.4) is 0 Å². The highest BCUT2D eigenvalue weighted by molar-refractivity contribution is 7.08. The van der Waals surface area contributed by atoms with Crippen LogP contribution in [0.4, 0.5) is 5.82 Å². The normalized spacial score (nSPS) is 13.9. The number of anilines is 1. The van der Waals surface area contributed by atoms with Crippen molar-refractivity contribution in [3.05, 3.63) is 46.9 Å². The Kier molecular flexibility index (Phi) is 3.74. The second-order valence-corrected chi connectivity index (χ2v) is 6.83. The van der Waals surface area contributed by atoms with Gasteiger partial charge in [0.15, 0.2) is 11.5 Å².